The third-order valence-corrected chi connectivity index (χ3v) is 1.49. The number of hydrogen-bond donors (Lipinski definition) is 0. The lowest BCUT2D eigenvalue weighted by Crippen LogP contribution is -2.15. The Kier molecular flexibility index (Phi) is 5.72. The monoisotopic (exact) mass is 174 g/mol. The molecule has 0 spiro atoms. The molecule has 0 aromatic carbocycles. The first-order valence-electron chi connectivity index (χ1n) is 4.51. The Hall–Kier alpha value is -0.570. The Morgan fingerprint density at radius 2 is 2.00 bits per heavy atom. The van der Waals surface area contributed by atoms with Gasteiger partial charge in [-0.2, -0.15) is 0 Å². The predicted octanol–water partition coefficient (Wildman–Crippen LogP) is 2.10. The van der Waals surface area contributed by atoms with Crippen LogP contribution in [0, 0.1) is 0 Å². The van der Waals surface area contributed by atoms with E-state index in [1.165, 1.54) is 6.92 Å². The summed E-state index contributed by atoms with van der Waals surface area (Å²) < 4.78 is 10.0. The van der Waals surface area contributed by atoms with Crippen molar-refractivity contribution in [3.63, 3.8) is 0 Å². The van der Waals surface area contributed by atoms with Crippen molar-refractivity contribution in [2.45, 2.75) is 52.9 Å². The van der Waals surface area contributed by atoms with Crippen LogP contribution in [0.3, 0.4) is 0 Å². The first-order chi connectivity index (χ1) is 5.68. The maximum atomic E-state index is 10.4. The molecule has 1 rings (SSSR count). The summed E-state index contributed by atoms with van der Waals surface area (Å²) in [5.41, 5.74) is 0. The molecule has 0 saturated carbocycles. The van der Waals surface area contributed by atoms with Gasteiger partial charge in [-0.3, -0.25) is 4.79 Å². The number of carbonyl (C=O) groups is 1. The molecule has 0 radical (unpaired) electrons. The van der Waals surface area contributed by atoms with Gasteiger partial charge in [0.25, 0.3) is 0 Å². The summed E-state index contributed by atoms with van der Waals surface area (Å²) >= 11 is 0. The molecule has 1 saturated heterocycles. The SMILES string of the molecule is CC.CC(=O)OC1CCC(C)O1. The van der Waals surface area contributed by atoms with E-state index in [0.29, 0.717) is 0 Å². The van der Waals surface area contributed by atoms with Crippen LogP contribution >= 0.6 is 0 Å². The van der Waals surface area contributed by atoms with E-state index in [2.05, 4.69) is 0 Å². The molecule has 3 heteroatoms. The number of esters is 1. The fourth-order valence-electron chi connectivity index (χ4n) is 1.04. The zero-order chi connectivity index (χ0) is 9.56. The van der Waals surface area contributed by atoms with Crippen molar-refractivity contribution < 1.29 is 14.3 Å². The van der Waals surface area contributed by atoms with Crippen LogP contribution in [0.2, 0.25) is 0 Å². The van der Waals surface area contributed by atoms with Crippen molar-refractivity contribution in [3.8, 4) is 0 Å². The molecule has 1 heterocycles. The van der Waals surface area contributed by atoms with Crippen LogP contribution in [0.25, 0.3) is 0 Å². The second-order valence-corrected chi connectivity index (χ2v) is 2.56. The highest BCUT2D eigenvalue weighted by Gasteiger charge is 2.23. The second-order valence-electron chi connectivity index (χ2n) is 2.56. The van der Waals surface area contributed by atoms with E-state index >= 15 is 0 Å². The van der Waals surface area contributed by atoms with Crippen LogP contribution in [0.15, 0.2) is 0 Å². The average Bonchev–Trinajstić information content (AvgIpc) is 2.39. The quantitative estimate of drug-likeness (QED) is 0.571. The van der Waals surface area contributed by atoms with Gasteiger partial charge in [-0.25, -0.2) is 0 Å². The average molecular weight is 174 g/mol. The van der Waals surface area contributed by atoms with E-state index in [4.69, 9.17) is 9.47 Å². The van der Waals surface area contributed by atoms with Gasteiger partial charge in [-0.15, -0.1) is 0 Å². The van der Waals surface area contributed by atoms with Gasteiger partial charge >= 0.3 is 5.97 Å². The summed E-state index contributed by atoms with van der Waals surface area (Å²) in [5, 5.41) is 0. The number of hydrogen-bond acceptors (Lipinski definition) is 3. The van der Waals surface area contributed by atoms with Gasteiger partial charge in [0.05, 0.1) is 6.10 Å². The minimum Gasteiger partial charge on any atom is -0.436 e. The standard InChI is InChI=1S/C7H12O3.C2H6/c1-5-3-4-7(9-5)10-6(2)8;1-2/h5,7H,3-4H2,1-2H3;1-2H3. The van der Waals surface area contributed by atoms with E-state index in [1.807, 2.05) is 20.8 Å². The van der Waals surface area contributed by atoms with Crippen molar-refractivity contribution in [2.75, 3.05) is 0 Å². The molecule has 0 amide bonds. The summed E-state index contributed by atoms with van der Waals surface area (Å²) in [6.45, 7) is 7.37. The predicted molar refractivity (Wildman–Crippen MR) is 46.7 cm³/mol. The molecule has 0 aromatic rings. The second kappa shape index (κ2) is 6.00. The van der Waals surface area contributed by atoms with E-state index < -0.39 is 0 Å². The third kappa shape index (κ3) is 4.34. The minimum atomic E-state index is -0.285. The van der Waals surface area contributed by atoms with Crippen LogP contribution in [-0.4, -0.2) is 18.4 Å². The Morgan fingerprint density at radius 1 is 1.42 bits per heavy atom. The highest BCUT2D eigenvalue weighted by Crippen LogP contribution is 2.19. The van der Waals surface area contributed by atoms with Gasteiger partial charge in [0, 0.05) is 13.3 Å². The maximum Gasteiger partial charge on any atom is 0.304 e. The lowest BCUT2D eigenvalue weighted by Gasteiger charge is -2.09. The van der Waals surface area contributed by atoms with Gasteiger partial charge in [0.1, 0.15) is 0 Å². The number of rotatable bonds is 1. The molecular formula is C9H18O3. The first-order valence-corrected chi connectivity index (χ1v) is 4.51. The molecule has 1 aliphatic rings. The molecule has 0 N–H and O–H groups in total. The number of ether oxygens (including phenoxy) is 2. The van der Waals surface area contributed by atoms with Crippen molar-refractivity contribution in [3.05, 3.63) is 0 Å². The molecule has 3 nitrogen and oxygen atoms in total. The molecule has 2 unspecified atom stereocenters. The molecular weight excluding hydrogens is 156 g/mol. The molecule has 72 valence electrons. The molecule has 0 bridgehead atoms. The van der Waals surface area contributed by atoms with Crippen molar-refractivity contribution in [2.24, 2.45) is 0 Å². The Balaban J connectivity index is 0.000000561. The van der Waals surface area contributed by atoms with Gasteiger partial charge in [-0.1, -0.05) is 13.8 Å². The van der Waals surface area contributed by atoms with Crippen LogP contribution in [0.4, 0.5) is 0 Å². The largest absolute Gasteiger partial charge is 0.436 e. The summed E-state index contributed by atoms with van der Waals surface area (Å²) in [7, 11) is 0. The van der Waals surface area contributed by atoms with Gasteiger partial charge < -0.3 is 9.47 Å². The van der Waals surface area contributed by atoms with E-state index in [-0.39, 0.29) is 18.4 Å². The summed E-state index contributed by atoms with van der Waals surface area (Å²) in [6.07, 6.45) is 1.77. The van der Waals surface area contributed by atoms with Crippen LogP contribution in [-0.2, 0) is 14.3 Å². The lowest BCUT2D eigenvalue weighted by molar-refractivity contribution is -0.171. The van der Waals surface area contributed by atoms with E-state index in [1.54, 1.807) is 0 Å². The minimum absolute atomic E-state index is 0.240. The van der Waals surface area contributed by atoms with Gasteiger partial charge in [-0.05, 0) is 13.3 Å². The van der Waals surface area contributed by atoms with E-state index in [0.717, 1.165) is 12.8 Å². The molecule has 2 atom stereocenters. The van der Waals surface area contributed by atoms with Gasteiger partial charge in [0.15, 0.2) is 0 Å². The lowest BCUT2D eigenvalue weighted by atomic mass is 10.3. The van der Waals surface area contributed by atoms with Crippen molar-refractivity contribution in [1.29, 1.82) is 0 Å². The Morgan fingerprint density at radius 3 is 2.33 bits per heavy atom. The molecule has 1 fully saturated rings. The first kappa shape index (κ1) is 11.4. The van der Waals surface area contributed by atoms with E-state index in [9.17, 15) is 4.79 Å². The zero-order valence-electron chi connectivity index (χ0n) is 8.29. The highest BCUT2D eigenvalue weighted by atomic mass is 16.7. The van der Waals surface area contributed by atoms with Crippen LogP contribution < -0.4 is 0 Å². The summed E-state index contributed by atoms with van der Waals surface area (Å²) in [5.74, 6) is -0.265. The Bertz CT molecular complexity index is 134. The molecule has 12 heavy (non-hydrogen) atoms. The summed E-state index contributed by atoms with van der Waals surface area (Å²) in [6, 6.07) is 0. The topological polar surface area (TPSA) is 35.5 Å². The smallest absolute Gasteiger partial charge is 0.304 e. The zero-order valence-corrected chi connectivity index (χ0v) is 8.29. The summed E-state index contributed by atoms with van der Waals surface area (Å²) in [4.78, 5) is 10.4. The van der Waals surface area contributed by atoms with Crippen molar-refractivity contribution in [1.82, 2.24) is 0 Å². The molecule has 0 aliphatic carbocycles. The molecule has 1 aliphatic heterocycles. The van der Waals surface area contributed by atoms with Crippen LogP contribution in [0.5, 0.6) is 0 Å². The fourth-order valence-corrected chi connectivity index (χ4v) is 1.04. The third-order valence-electron chi connectivity index (χ3n) is 1.49. The Labute approximate surface area is 74.0 Å². The van der Waals surface area contributed by atoms with Gasteiger partial charge in [0.2, 0.25) is 6.29 Å². The molecule has 0 aromatic heterocycles. The van der Waals surface area contributed by atoms with Crippen molar-refractivity contribution >= 4 is 5.97 Å². The fraction of sp³-hybridized carbons (Fsp3) is 0.889. The number of carbonyl (C=O) groups excluding carboxylic acids is 1. The van der Waals surface area contributed by atoms with Crippen LogP contribution in [0.1, 0.15) is 40.5 Å². The maximum absolute atomic E-state index is 10.4. The normalized spacial score (nSPS) is 27.3. The highest BCUT2D eigenvalue weighted by molar-refractivity contribution is 5.66.